The zero-order chi connectivity index (χ0) is 18.4. The Hall–Kier alpha value is -2.93. The molecule has 2 aromatic carbocycles. The Morgan fingerprint density at radius 3 is 2.65 bits per heavy atom. The minimum absolute atomic E-state index is 0.0913. The maximum atomic E-state index is 13.0. The molecule has 0 spiro atoms. The van der Waals surface area contributed by atoms with Crippen LogP contribution in [0.5, 0.6) is 0 Å². The SMILES string of the molecule is Cc1c(C(=O)N(C)c2oc3ccccc3c2Br)nc2ccccc2[n+]1[O-]. The number of amides is 1. The van der Waals surface area contributed by atoms with Crippen LogP contribution in [-0.2, 0) is 0 Å². The molecule has 4 rings (SSSR count). The Kier molecular flexibility index (Phi) is 3.88. The number of para-hydroxylation sites is 3. The summed E-state index contributed by atoms with van der Waals surface area (Å²) in [6.45, 7) is 1.58. The molecule has 0 saturated heterocycles. The highest BCUT2D eigenvalue weighted by molar-refractivity contribution is 9.10. The number of carbonyl (C=O) groups is 1. The third-order valence-electron chi connectivity index (χ3n) is 4.31. The van der Waals surface area contributed by atoms with E-state index in [4.69, 9.17) is 4.42 Å². The normalized spacial score (nSPS) is 11.2. The lowest BCUT2D eigenvalue weighted by molar-refractivity contribution is -0.584. The van der Waals surface area contributed by atoms with Gasteiger partial charge in [-0.25, -0.2) is 4.98 Å². The first-order chi connectivity index (χ1) is 12.5. The summed E-state index contributed by atoms with van der Waals surface area (Å²) in [6, 6.07) is 14.4. The van der Waals surface area contributed by atoms with Crippen LogP contribution < -0.4 is 9.63 Å². The molecule has 0 N–H and O–H groups in total. The molecule has 4 aromatic rings. The molecule has 2 heterocycles. The Morgan fingerprint density at radius 1 is 1.19 bits per heavy atom. The predicted molar refractivity (Wildman–Crippen MR) is 102 cm³/mol. The number of halogens is 1. The second kappa shape index (κ2) is 6.10. The molecule has 0 aliphatic heterocycles. The summed E-state index contributed by atoms with van der Waals surface area (Å²) >= 11 is 3.49. The standard InChI is InChI=1S/C19H14BrN3O3/c1-11-17(21-13-8-4-5-9-14(13)23(11)25)18(24)22(2)19-16(20)12-7-3-6-10-15(12)26-19/h3-10H,1-2H3. The van der Waals surface area contributed by atoms with E-state index in [1.807, 2.05) is 24.3 Å². The molecule has 0 saturated carbocycles. The van der Waals surface area contributed by atoms with Crippen LogP contribution in [0.15, 0.2) is 57.4 Å². The summed E-state index contributed by atoms with van der Waals surface area (Å²) in [6.07, 6.45) is 0. The second-order valence-electron chi connectivity index (χ2n) is 5.91. The smallest absolute Gasteiger partial charge is 0.285 e. The van der Waals surface area contributed by atoms with Crippen molar-refractivity contribution in [3.63, 3.8) is 0 Å². The fourth-order valence-corrected chi connectivity index (χ4v) is 3.55. The van der Waals surface area contributed by atoms with Gasteiger partial charge in [0.15, 0.2) is 5.69 Å². The van der Waals surface area contributed by atoms with Gasteiger partial charge in [-0.1, -0.05) is 24.3 Å². The zero-order valence-corrected chi connectivity index (χ0v) is 15.6. The molecule has 0 bridgehead atoms. The number of fused-ring (bicyclic) bond motifs is 2. The number of nitrogens with zero attached hydrogens (tertiary/aromatic N) is 3. The van der Waals surface area contributed by atoms with E-state index < -0.39 is 5.91 Å². The van der Waals surface area contributed by atoms with E-state index in [0.717, 1.165) is 10.1 Å². The number of hydrogen-bond acceptors (Lipinski definition) is 4. The first-order valence-corrected chi connectivity index (χ1v) is 8.72. The molecule has 2 aromatic heterocycles. The number of benzene rings is 2. The van der Waals surface area contributed by atoms with Crippen LogP contribution in [0.25, 0.3) is 22.0 Å². The van der Waals surface area contributed by atoms with Crippen molar-refractivity contribution in [1.82, 2.24) is 4.98 Å². The molecular formula is C19H14BrN3O3. The highest BCUT2D eigenvalue weighted by Crippen LogP contribution is 2.37. The monoisotopic (exact) mass is 411 g/mol. The van der Waals surface area contributed by atoms with Crippen LogP contribution in [0.4, 0.5) is 5.88 Å². The molecule has 1 amide bonds. The van der Waals surface area contributed by atoms with Crippen LogP contribution >= 0.6 is 15.9 Å². The lowest BCUT2D eigenvalue weighted by Crippen LogP contribution is -2.37. The van der Waals surface area contributed by atoms with Crippen LogP contribution in [0.1, 0.15) is 16.2 Å². The molecule has 0 aliphatic carbocycles. The van der Waals surface area contributed by atoms with Gasteiger partial charge in [0.2, 0.25) is 17.1 Å². The highest BCUT2D eigenvalue weighted by Gasteiger charge is 2.27. The van der Waals surface area contributed by atoms with Crippen molar-refractivity contribution in [1.29, 1.82) is 0 Å². The van der Waals surface area contributed by atoms with Gasteiger partial charge in [-0.3, -0.25) is 9.69 Å². The topological polar surface area (TPSA) is 73.3 Å². The minimum Gasteiger partial charge on any atom is -0.618 e. The average Bonchev–Trinajstić information content (AvgIpc) is 3.00. The molecule has 0 fully saturated rings. The summed E-state index contributed by atoms with van der Waals surface area (Å²) in [4.78, 5) is 18.8. The van der Waals surface area contributed by atoms with Gasteiger partial charge >= 0.3 is 0 Å². The average molecular weight is 412 g/mol. The van der Waals surface area contributed by atoms with Crippen LogP contribution in [0.2, 0.25) is 0 Å². The lowest BCUT2D eigenvalue weighted by Gasteiger charge is -2.15. The Balaban J connectivity index is 1.83. The third kappa shape index (κ3) is 2.43. The minimum atomic E-state index is -0.419. The summed E-state index contributed by atoms with van der Waals surface area (Å²) in [5.41, 5.74) is 1.89. The Morgan fingerprint density at radius 2 is 1.88 bits per heavy atom. The van der Waals surface area contributed by atoms with Crippen molar-refractivity contribution in [3.05, 3.63) is 69.6 Å². The van der Waals surface area contributed by atoms with E-state index >= 15 is 0 Å². The van der Waals surface area contributed by atoms with Gasteiger partial charge in [0.25, 0.3) is 5.91 Å². The molecule has 26 heavy (non-hydrogen) atoms. The molecule has 0 atom stereocenters. The summed E-state index contributed by atoms with van der Waals surface area (Å²) < 4.78 is 7.22. The van der Waals surface area contributed by atoms with E-state index in [-0.39, 0.29) is 11.4 Å². The number of furan rings is 1. The second-order valence-corrected chi connectivity index (χ2v) is 6.70. The maximum Gasteiger partial charge on any atom is 0.285 e. The Labute approximate surface area is 157 Å². The first-order valence-electron chi connectivity index (χ1n) is 7.93. The van der Waals surface area contributed by atoms with Gasteiger partial charge in [-0.05, 0) is 34.1 Å². The quantitative estimate of drug-likeness (QED) is 0.369. The van der Waals surface area contributed by atoms with Crippen molar-refractivity contribution in [2.75, 3.05) is 11.9 Å². The van der Waals surface area contributed by atoms with Gasteiger partial charge in [0.1, 0.15) is 11.1 Å². The number of anilines is 1. The fourth-order valence-electron chi connectivity index (χ4n) is 2.88. The van der Waals surface area contributed by atoms with Crippen LogP contribution in [0.3, 0.4) is 0 Å². The van der Waals surface area contributed by atoms with Crippen LogP contribution in [0, 0.1) is 12.1 Å². The van der Waals surface area contributed by atoms with Gasteiger partial charge in [-0.2, -0.15) is 4.73 Å². The van der Waals surface area contributed by atoms with E-state index in [2.05, 4.69) is 20.9 Å². The van der Waals surface area contributed by atoms with Crippen molar-refractivity contribution in [2.45, 2.75) is 6.92 Å². The van der Waals surface area contributed by atoms with E-state index in [0.29, 0.717) is 27.0 Å². The van der Waals surface area contributed by atoms with Crippen molar-refractivity contribution in [3.8, 4) is 0 Å². The van der Waals surface area contributed by atoms with Gasteiger partial charge in [0.05, 0.1) is 4.47 Å². The van der Waals surface area contributed by atoms with Crippen LogP contribution in [-0.4, -0.2) is 17.9 Å². The molecule has 0 radical (unpaired) electrons. The van der Waals surface area contributed by atoms with E-state index in [1.165, 1.54) is 4.90 Å². The number of hydrogen-bond donors (Lipinski definition) is 0. The molecular weight excluding hydrogens is 398 g/mol. The summed E-state index contributed by atoms with van der Waals surface area (Å²) in [5.74, 6) is -0.0550. The summed E-state index contributed by atoms with van der Waals surface area (Å²) in [5, 5.41) is 13.4. The zero-order valence-electron chi connectivity index (χ0n) is 14.1. The largest absolute Gasteiger partial charge is 0.618 e. The predicted octanol–water partition coefficient (Wildman–Crippen LogP) is 3.96. The van der Waals surface area contributed by atoms with Gasteiger partial charge in [-0.15, -0.1) is 0 Å². The number of aromatic nitrogens is 2. The molecule has 6 nitrogen and oxygen atoms in total. The molecule has 130 valence electrons. The first kappa shape index (κ1) is 16.5. The maximum absolute atomic E-state index is 13.0. The number of carbonyl (C=O) groups excluding carboxylic acids is 1. The highest BCUT2D eigenvalue weighted by atomic mass is 79.9. The molecule has 7 heteroatoms. The van der Waals surface area contributed by atoms with Gasteiger partial charge in [0, 0.05) is 25.4 Å². The fraction of sp³-hybridized carbons (Fsp3) is 0.105. The van der Waals surface area contributed by atoms with Gasteiger partial charge < -0.3 is 9.62 Å². The third-order valence-corrected chi connectivity index (χ3v) is 5.08. The van der Waals surface area contributed by atoms with Crippen molar-refractivity contribution in [2.24, 2.45) is 0 Å². The van der Waals surface area contributed by atoms with E-state index in [9.17, 15) is 10.0 Å². The Bertz CT molecular complexity index is 1170. The van der Waals surface area contributed by atoms with Crippen molar-refractivity contribution >= 4 is 49.7 Å². The lowest BCUT2D eigenvalue weighted by atomic mass is 10.2. The molecule has 0 unspecified atom stereocenters. The van der Waals surface area contributed by atoms with E-state index in [1.54, 1.807) is 38.2 Å². The number of rotatable bonds is 2. The van der Waals surface area contributed by atoms with Crippen molar-refractivity contribution < 1.29 is 13.9 Å². The molecule has 0 aliphatic rings. The summed E-state index contributed by atoms with van der Waals surface area (Å²) in [7, 11) is 1.59.